The number of carboxylic acid groups (broad SMARTS) is 1. The number of nitrogens with two attached hydrogens (primary N) is 1. The largest absolute Gasteiger partial charge is 0.478 e. The normalized spacial score (nSPS) is 10.2. The summed E-state index contributed by atoms with van der Waals surface area (Å²) in [5.74, 6) is -1.07. The summed E-state index contributed by atoms with van der Waals surface area (Å²) in [5.41, 5.74) is 7.16. The predicted octanol–water partition coefficient (Wildman–Crippen LogP) is 4.13. The third-order valence-corrected chi connectivity index (χ3v) is 3.30. The Morgan fingerprint density at radius 3 is 2.63 bits per heavy atom. The van der Waals surface area contributed by atoms with Crippen molar-refractivity contribution in [3.05, 3.63) is 51.5 Å². The van der Waals surface area contributed by atoms with Crippen LogP contribution < -0.4 is 11.1 Å². The first-order valence-corrected chi connectivity index (χ1v) is 6.49. The van der Waals surface area contributed by atoms with Gasteiger partial charge in [0.1, 0.15) is 0 Å². The second kappa shape index (κ2) is 5.50. The van der Waals surface area contributed by atoms with E-state index in [2.05, 4.69) is 21.2 Å². The molecule has 0 heterocycles. The fourth-order valence-corrected chi connectivity index (χ4v) is 2.29. The Morgan fingerprint density at radius 2 is 2.00 bits per heavy atom. The van der Waals surface area contributed by atoms with Gasteiger partial charge >= 0.3 is 5.97 Å². The monoisotopic (exact) mass is 340 g/mol. The van der Waals surface area contributed by atoms with Crippen molar-refractivity contribution in [2.45, 2.75) is 0 Å². The first-order valence-electron chi connectivity index (χ1n) is 5.32. The van der Waals surface area contributed by atoms with Gasteiger partial charge in [-0.1, -0.05) is 27.5 Å². The molecule has 6 heteroatoms. The van der Waals surface area contributed by atoms with Gasteiger partial charge in [-0.3, -0.25) is 0 Å². The summed E-state index contributed by atoms with van der Waals surface area (Å²) in [6, 6.07) is 10.1. The highest BCUT2D eigenvalue weighted by Crippen LogP contribution is 2.29. The molecule has 0 saturated carbocycles. The van der Waals surface area contributed by atoms with Gasteiger partial charge in [-0.2, -0.15) is 0 Å². The van der Waals surface area contributed by atoms with Crippen LogP contribution >= 0.6 is 27.5 Å². The fraction of sp³-hybridized carbons (Fsp3) is 0. The van der Waals surface area contributed by atoms with Crippen LogP contribution in [-0.4, -0.2) is 11.1 Å². The van der Waals surface area contributed by atoms with Crippen LogP contribution in [0.25, 0.3) is 0 Å². The number of nitrogen functional groups attached to an aromatic ring is 1. The molecule has 0 aromatic heterocycles. The van der Waals surface area contributed by atoms with Crippen molar-refractivity contribution in [3.8, 4) is 0 Å². The number of hydrogen-bond donors (Lipinski definition) is 3. The molecule has 0 aliphatic carbocycles. The van der Waals surface area contributed by atoms with Crippen molar-refractivity contribution in [1.29, 1.82) is 0 Å². The van der Waals surface area contributed by atoms with Gasteiger partial charge < -0.3 is 16.2 Å². The van der Waals surface area contributed by atoms with E-state index in [1.54, 1.807) is 24.3 Å². The lowest BCUT2D eigenvalue weighted by atomic mass is 10.1. The first kappa shape index (κ1) is 13.7. The van der Waals surface area contributed by atoms with E-state index >= 15 is 0 Å². The summed E-state index contributed by atoms with van der Waals surface area (Å²) < 4.78 is 0.867. The molecule has 0 spiro atoms. The number of hydrogen-bond acceptors (Lipinski definition) is 3. The van der Waals surface area contributed by atoms with E-state index in [-0.39, 0.29) is 11.3 Å². The number of nitrogens with one attached hydrogen (secondary N) is 1. The molecular formula is C13H10BrClN2O2. The van der Waals surface area contributed by atoms with Crippen molar-refractivity contribution in [3.63, 3.8) is 0 Å². The molecule has 0 amide bonds. The lowest BCUT2D eigenvalue weighted by Gasteiger charge is -2.10. The van der Waals surface area contributed by atoms with Crippen LogP contribution in [0.15, 0.2) is 40.9 Å². The molecule has 98 valence electrons. The molecule has 2 aromatic rings. The Kier molecular flexibility index (Phi) is 3.97. The fourth-order valence-electron chi connectivity index (χ4n) is 1.57. The zero-order valence-corrected chi connectivity index (χ0v) is 12.0. The molecule has 0 atom stereocenters. The van der Waals surface area contributed by atoms with Crippen LogP contribution in [0.5, 0.6) is 0 Å². The van der Waals surface area contributed by atoms with Crippen LogP contribution in [0.3, 0.4) is 0 Å². The average Bonchev–Trinajstić information content (AvgIpc) is 2.34. The molecule has 0 fully saturated rings. The van der Waals surface area contributed by atoms with Gasteiger partial charge in [0.15, 0.2) is 0 Å². The van der Waals surface area contributed by atoms with Crippen molar-refractivity contribution in [2.24, 2.45) is 0 Å². The number of halogens is 2. The molecule has 0 aliphatic heterocycles. The summed E-state index contributed by atoms with van der Waals surface area (Å²) in [5, 5.41) is 12.6. The SMILES string of the molecule is Nc1ccc(Nc2ccc(Br)cc2Cl)cc1C(=O)O. The molecule has 19 heavy (non-hydrogen) atoms. The van der Waals surface area contributed by atoms with Crippen LogP contribution in [0, 0.1) is 0 Å². The van der Waals surface area contributed by atoms with E-state index in [4.69, 9.17) is 22.4 Å². The second-order valence-corrected chi connectivity index (χ2v) is 5.18. The summed E-state index contributed by atoms with van der Waals surface area (Å²) in [7, 11) is 0. The number of aromatic carboxylic acids is 1. The number of anilines is 3. The van der Waals surface area contributed by atoms with Gasteiger partial charge in [-0.15, -0.1) is 0 Å². The summed E-state index contributed by atoms with van der Waals surface area (Å²) >= 11 is 9.39. The maximum atomic E-state index is 11.0. The van der Waals surface area contributed by atoms with Crippen LogP contribution in [0.4, 0.5) is 17.1 Å². The highest BCUT2D eigenvalue weighted by Gasteiger charge is 2.09. The maximum absolute atomic E-state index is 11.0. The minimum absolute atomic E-state index is 0.0539. The van der Waals surface area contributed by atoms with Gasteiger partial charge in [0.2, 0.25) is 0 Å². The highest BCUT2D eigenvalue weighted by atomic mass is 79.9. The molecule has 0 aliphatic rings. The average molecular weight is 342 g/mol. The number of carbonyl (C=O) groups is 1. The molecule has 0 radical (unpaired) electrons. The Bertz CT molecular complexity index is 647. The van der Waals surface area contributed by atoms with Crippen molar-refractivity contribution >= 4 is 50.6 Å². The van der Waals surface area contributed by atoms with E-state index in [0.717, 1.165) is 4.47 Å². The standard InChI is InChI=1S/C13H10BrClN2O2/c14-7-1-4-12(10(15)5-7)17-8-2-3-11(16)9(6-8)13(18)19/h1-6,17H,16H2,(H,18,19). The van der Waals surface area contributed by atoms with Gasteiger partial charge in [-0.05, 0) is 36.4 Å². The van der Waals surface area contributed by atoms with Crippen LogP contribution in [0.1, 0.15) is 10.4 Å². The zero-order valence-electron chi connectivity index (χ0n) is 9.65. The number of benzene rings is 2. The Morgan fingerprint density at radius 1 is 1.26 bits per heavy atom. The maximum Gasteiger partial charge on any atom is 0.337 e. The van der Waals surface area contributed by atoms with E-state index in [0.29, 0.717) is 16.4 Å². The molecule has 2 aromatic carbocycles. The number of carboxylic acids is 1. The number of rotatable bonds is 3. The van der Waals surface area contributed by atoms with E-state index in [9.17, 15) is 4.79 Å². The van der Waals surface area contributed by atoms with Gasteiger partial charge in [0.05, 0.1) is 16.3 Å². The molecule has 0 unspecified atom stereocenters. The van der Waals surface area contributed by atoms with Crippen molar-refractivity contribution in [1.82, 2.24) is 0 Å². The molecule has 0 bridgehead atoms. The molecule has 0 saturated heterocycles. The Hall–Kier alpha value is -1.72. The molecule has 2 rings (SSSR count). The van der Waals surface area contributed by atoms with Crippen molar-refractivity contribution in [2.75, 3.05) is 11.1 Å². The zero-order chi connectivity index (χ0) is 14.0. The van der Waals surface area contributed by atoms with Gasteiger partial charge in [-0.25, -0.2) is 4.79 Å². The molecule has 4 nitrogen and oxygen atoms in total. The third kappa shape index (κ3) is 3.19. The minimum atomic E-state index is -1.07. The Labute approximate surface area is 123 Å². The van der Waals surface area contributed by atoms with E-state index in [1.165, 1.54) is 6.07 Å². The first-order chi connectivity index (χ1) is 8.97. The third-order valence-electron chi connectivity index (χ3n) is 2.49. The quantitative estimate of drug-likeness (QED) is 0.734. The Balaban J connectivity index is 2.33. The predicted molar refractivity (Wildman–Crippen MR) is 80.2 cm³/mol. The lowest BCUT2D eigenvalue weighted by molar-refractivity contribution is 0.0698. The summed E-state index contributed by atoms with van der Waals surface area (Å²) in [6.07, 6.45) is 0. The minimum Gasteiger partial charge on any atom is -0.478 e. The van der Waals surface area contributed by atoms with E-state index < -0.39 is 5.97 Å². The smallest absolute Gasteiger partial charge is 0.337 e. The highest BCUT2D eigenvalue weighted by molar-refractivity contribution is 9.10. The lowest BCUT2D eigenvalue weighted by Crippen LogP contribution is -2.03. The molecule has 4 N–H and O–H groups in total. The van der Waals surface area contributed by atoms with Crippen LogP contribution in [0.2, 0.25) is 5.02 Å². The topological polar surface area (TPSA) is 75.3 Å². The van der Waals surface area contributed by atoms with Crippen molar-refractivity contribution < 1.29 is 9.90 Å². The van der Waals surface area contributed by atoms with E-state index in [1.807, 2.05) is 6.07 Å². The van der Waals surface area contributed by atoms with Gasteiger partial charge in [0.25, 0.3) is 0 Å². The molecular weight excluding hydrogens is 332 g/mol. The second-order valence-electron chi connectivity index (χ2n) is 3.86. The summed E-state index contributed by atoms with van der Waals surface area (Å²) in [4.78, 5) is 11.0. The van der Waals surface area contributed by atoms with Crippen LogP contribution in [-0.2, 0) is 0 Å². The van der Waals surface area contributed by atoms with Gasteiger partial charge in [0, 0.05) is 15.8 Å². The summed E-state index contributed by atoms with van der Waals surface area (Å²) in [6.45, 7) is 0.